The van der Waals surface area contributed by atoms with Crippen molar-refractivity contribution in [2.24, 2.45) is 0 Å². The van der Waals surface area contributed by atoms with Gasteiger partial charge in [0.05, 0.1) is 5.69 Å². The van der Waals surface area contributed by atoms with Crippen molar-refractivity contribution in [3.8, 4) is 0 Å². The number of nitrogens with one attached hydrogen (secondary N) is 2. The van der Waals surface area contributed by atoms with E-state index in [1.54, 1.807) is 6.07 Å². The van der Waals surface area contributed by atoms with Gasteiger partial charge in [-0.1, -0.05) is 0 Å². The summed E-state index contributed by atoms with van der Waals surface area (Å²) in [6, 6.07) is 4.81. The Morgan fingerprint density at radius 2 is 1.89 bits per heavy atom. The van der Waals surface area contributed by atoms with Crippen molar-refractivity contribution >= 4 is 17.3 Å². The topological polar surface area (TPSA) is 49.8 Å². The van der Waals surface area contributed by atoms with E-state index in [1.807, 2.05) is 6.92 Å². The maximum atomic E-state index is 13.4. The van der Waals surface area contributed by atoms with E-state index in [-0.39, 0.29) is 5.69 Å². The molecule has 94 valence electrons. The first kappa shape index (κ1) is 12.2. The average Bonchev–Trinajstić information content (AvgIpc) is 2.35. The van der Waals surface area contributed by atoms with Crippen LogP contribution in [0.4, 0.5) is 26.1 Å². The summed E-state index contributed by atoms with van der Waals surface area (Å²) in [7, 11) is 0. The molecule has 4 nitrogen and oxygen atoms in total. The Balaban J connectivity index is 2.22. The van der Waals surface area contributed by atoms with Crippen LogP contribution in [-0.4, -0.2) is 16.5 Å². The molecule has 0 unspecified atom stereocenters. The third-order valence-corrected chi connectivity index (χ3v) is 2.22. The summed E-state index contributed by atoms with van der Waals surface area (Å²) in [4.78, 5) is 7.92. The highest BCUT2D eigenvalue weighted by molar-refractivity contribution is 5.59. The highest BCUT2D eigenvalue weighted by Gasteiger charge is 2.05. The highest BCUT2D eigenvalue weighted by atomic mass is 19.1. The van der Waals surface area contributed by atoms with Gasteiger partial charge in [-0.2, -0.15) is 0 Å². The summed E-state index contributed by atoms with van der Waals surface area (Å²) < 4.78 is 26.4. The summed E-state index contributed by atoms with van der Waals surface area (Å²) in [5, 5.41) is 5.71. The Labute approximate surface area is 103 Å². The summed E-state index contributed by atoms with van der Waals surface area (Å²) in [6.45, 7) is 2.65. The van der Waals surface area contributed by atoms with Gasteiger partial charge in [-0.3, -0.25) is 0 Å². The van der Waals surface area contributed by atoms with Crippen molar-refractivity contribution < 1.29 is 8.78 Å². The Kier molecular flexibility index (Phi) is 3.66. The minimum atomic E-state index is -0.542. The molecule has 0 saturated heterocycles. The molecule has 1 aromatic carbocycles. The predicted molar refractivity (Wildman–Crippen MR) is 65.8 cm³/mol. The van der Waals surface area contributed by atoms with Crippen molar-refractivity contribution in [2.45, 2.75) is 6.92 Å². The quantitative estimate of drug-likeness (QED) is 0.876. The molecule has 0 aliphatic heterocycles. The standard InChI is InChI=1S/C12H12F2N4/c1-2-15-11-6-12(17-7-16-11)18-10-5-8(13)3-4-9(10)14/h3-7H,2H2,1H3,(H2,15,16,17,18). The fraction of sp³-hybridized carbons (Fsp3) is 0.167. The van der Waals surface area contributed by atoms with E-state index in [9.17, 15) is 8.78 Å². The van der Waals surface area contributed by atoms with Crippen LogP contribution in [0.3, 0.4) is 0 Å². The summed E-state index contributed by atoms with van der Waals surface area (Å²) in [5.74, 6) is -0.0443. The van der Waals surface area contributed by atoms with Crippen molar-refractivity contribution in [3.05, 3.63) is 42.2 Å². The number of anilines is 3. The molecule has 0 atom stereocenters. The lowest BCUT2D eigenvalue weighted by atomic mass is 10.3. The van der Waals surface area contributed by atoms with E-state index in [1.165, 1.54) is 6.33 Å². The number of hydrogen-bond donors (Lipinski definition) is 2. The molecule has 1 heterocycles. The Morgan fingerprint density at radius 1 is 1.11 bits per heavy atom. The zero-order chi connectivity index (χ0) is 13.0. The molecule has 6 heteroatoms. The van der Waals surface area contributed by atoms with Crippen molar-refractivity contribution in [2.75, 3.05) is 17.2 Å². The van der Waals surface area contributed by atoms with Crippen LogP contribution in [0.15, 0.2) is 30.6 Å². The van der Waals surface area contributed by atoms with Gasteiger partial charge < -0.3 is 10.6 Å². The minimum absolute atomic E-state index is 0.0381. The van der Waals surface area contributed by atoms with E-state index in [0.717, 1.165) is 18.2 Å². The number of aromatic nitrogens is 2. The Hall–Kier alpha value is -2.24. The van der Waals surface area contributed by atoms with Crippen LogP contribution in [0.5, 0.6) is 0 Å². The van der Waals surface area contributed by atoms with Crippen molar-refractivity contribution in [1.29, 1.82) is 0 Å². The minimum Gasteiger partial charge on any atom is -0.370 e. The van der Waals surface area contributed by atoms with Gasteiger partial charge in [-0.05, 0) is 19.1 Å². The van der Waals surface area contributed by atoms with Gasteiger partial charge >= 0.3 is 0 Å². The van der Waals surface area contributed by atoms with Gasteiger partial charge in [0.15, 0.2) is 0 Å². The summed E-state index contributed by atoms with van der Waals surface area (Å²) in [6.07, 6.45) is 1.34. The van der Waals surface area contributed by atoms with Crippen LogP contribution >= 0.6 is 0 Å². The van der Waals surface area contributed by atoms with E-state index < -0.39 is 11.6 Å². The molecule has 0 spiro atoms. The molecule has 18 heavy (non-hydrogen) atoms. The zero-order valence-electron chi connectivity index (χ0n) is 9.74. The summed E-state index contributed by atoms with van der Waals surface area (Å²) >= 11 is 0. The molecular formula is C12H12F2N4. The van der Waals surface area contributed by atoms with Crippen LogP contribution in [0.2, 0.25) is 0 Å². The Bertz CT molecular complexity index is 545. The summed E-state index contributed by atoms with van der Waals surface area (Å²) in [5.41, 5.74) is 0.0381. The van der Waals surface area contributed by atoms with Crippen LogP contribution in [-0.2, 0) is 0 Å². The molecule has 0 fully saturated rings. The molecule has 2 N–H and O–H groups in total. The van der Waals surface area contributed by atoms with Gasteiger partial charge in [0.1, 0.15) is 29.6 Å². The monoisotopic (exact) mass is 250 g/mol. The predicted octanol–water partition coefficient (Wildman–Crippen LogP) is 2.93. The van der Waals surface area contributed by atoms with Crippen LogP contribution in [0, 0.1) is 11.6 Å². The second kappa shape index (κ2) is 5.39. The number of halogens is 2. The van der Waals surface area contributed by atoms with Crippen LogP contribution in [0.1, 0.15) is 6.92 Å². The second-order valence-electron chi connectivity index (χ2n) is 3.57. The molecular weight excluding hydrogens is 238 g/mol. The third kappa shape index (κ3) is 2.91. The third-order valence-electron chi connectivity index (χ3n) is 2.22. The van der Waals surface area contributed by atoms with Crippen LogP contribution in [0.25, 0.3) is 0 Å². The van der Waals surface area contributed by atoms with E-state index in [2.05, 4.69) is 20.6 Å². The maximum Gasteiger partial charge on any atom is 0.146 e. The maximum absolute atomic E-state index is 13.4. The smallest absolute Gasteiger partial charge is 0.146 e. The van der Waals surface area contributed by atoms with Gasteiger partial charge in [-0.25, -0.2) is 18.7 Å². The first-order chi connectivity index (χ1) is 8.69. The van der Waals surface area contributed by atoms with Gasteiger partial charge in [0, 0.05) is 18.7 Å². The number of hydrogen-bond acceptors (Lipinski definition) is 4. The molecule has 1 aromatic heterocycles. The fourth-order valence-electron chi connectivity index (χ4n) is 1.43. The molecule has 0 radical (unpaired) electrons. The van der Waals surface area contributed by atoms with Crippen molar-refractivity contribution in [1.82, 2.24) is 9.97 Å². The second-order valence-corrected chi connectivity index (χ2v) is 3.57. The van der Waals surface area contributed by atoms with E-state index >= 15 is 0 Å². The van der Waals surface area contributed by atoms with Crippen LogP contribution < -0.4 is 10.6 Å². The fourth-order valence-corrected chi connectivity index (χ4v) is 1.43. The van der Waals surface area contributed by atoms with Gasteiger partial charge in [0.25, 0.3) is 0 Å². The highest BCUT2D eigenvalue weighted by Crippen LogP contribution is 2.20. The van der Waals surface area contributed by atoms with Gasteiger partial charge in [0.2, 0.25) is 0 Å². The lowest BCUT2D eigenvalue weighted by molar-refractivity contribution is 0.603. The SMILES string of the molecule is CCNc1cc(Nc2cc(F)ccc2F)ncn1. The van der Waals surface area contributed by atoms with E-state index in [0.29, 0.717) is 18.2 Å². The van der Waals surface area contributed by atoms with Gasteiger partial charge in [-0.15, -0.1) is 0 Å². The average molecular weight is 250 g/mol. The van der Waals surface area contributed by atoms with Crippen molar-refractivity contribution in [3.63, 3.8) is 0 Å². The number of rotatable bonds is 4. The number of benzene rings is 1. The molecule has 0 aliphatic carbocycles. The molecule has 2 aromatic rings. The number of nitrogens with zero attached hydrogens (tertiary/aromatic N) is 2. The normalized spacial score (nSPS) is 10.2. The zero-order valence-corrected chi connectivity index (χ0v) is 9.74. The lowest BCUT2D eigenvalue weighted by Crippen LogP contribution is -2.02. The molecule has 2 rings (SSSR count). The molecule has 0 bridgehead atoms. The molecule has 0 saturated carbocycles. The Morgan fingerprint density at radius 3 is 2.67 bits per heavy atom. The van der Waals surface area contributed by atoms with E-state index in [4.69, 9.17) is 0 Å². The first-order valence-electron chi connectivity index (χ1n) is 5.47. The first-order valence-corrected chi connectivity index (χ1v) is 5.47. The molecule has 0 amide bonds. The lowest BCUT2D eigenvalue weighted by Gasteiger charge is -2.08. The largest absolute Gasteiger partial charge is 0.370 e. The molecule has 0 aliphatic rings.